The summed E-state index contributed by atoms with van der Waals surface area (Å²) >= 11 is 5.94. The van der Waals surface area contributed by atoms with Crippen LogP contribution in [0.25, 0.3) is 0 Å². The molecule has 0 amide bonds. The summed E-state index contributed by atoms with van der Waals surface area (Å²) in [5, 5.41) is 0.507. The first kappa shape index (κ1) is 12.1. The summed E-state index contributed by atoms with van der Waals surface area (Å²) in [5.74, 6) is 0.715. The fraction of sp³-hybridized carbons (Fsp3) is 0.417. The van der Waals surface area contributed by atoms with E-state index >= 15 is 0 Å². The van der Waals surface area contributed by atoms with Gasteiger partial charge in [-0.25, -0.2) is 0 Å². The largest absolute Gasteiger partial charge is 0.494 e. The second-order valence-electron chi connectivity index (χ2n) is 3.46. The van der Waals surface area contributed by atoms with Gasteiger partial charge >= 0.3 is 0 Å². The second-order valence-corrected chi connectivity index (χ2v) is 3.84. The quantitative estimate of drug-likeness (QED) is 0.566. The highest BCUT2D eigenvalue weighted by atomic mass is 35.5. The Morgan fingerprint density at radius 1 is 1.47 bits per heavy atom. The SMILES string of the molecule is CCCCOc1cc(C)c(Cl)c(C=O)c1. The molecule has 1 rings (SSSR count). The second kappa shape index (κ2) is 5.76. The van der Waals surface area contributed by atoms with Crippen molar-refractivity contribution in [3.8, 4) is 5.75 Å². The Morgan fingerprint density at radius 3 is 2.80 bits per heavy atom. The van der Waals surface area contributed by atoms with Crippen LogP contribution in [0.4, 0.5) is 0 Å². The topological polar surface area (TPSA) is 26.3 Å². The maximum atomic E-state index is 10.7. The number of aldehydes is 1. The van der Waals surface area contributed by atoms with Gasteiger partial charge in [-0.1, -0.05) is 24.9 Å². The minimum Gasteiger partial charge on any atom is -0.494 e. The molecule has 0 bridgehead atoms. The lowest BCUT2D eigenvalue weighted by Gasteiger charge is -2.08. The van der Waals surface area contributed by atoms with E-state index in [1.54, 1.807) is 6.07 Å². The number of benzene rings is 1. The van der Waals surface area contributed by atoms with Crippen LogP contribution in [0.15, 0.2) is 12.1 Å². The number of unbranched alkanes of at least 4 members (excludes halogenated alkanes) is 1. The summed E-state index contributed by atoms with van der Waals surface area (Å²) < 4.78 is 5.51. The molecule has 15 heavy (non-hydrogen) atoms. The smallest absolute Gasteiger partial charge is 0.151 e. The van der Waals surface area contributed by atoms with Crippen LogP contribution in [0.2, 0.25) is 5.02 Å². The summed E-state index contributed by atoms with van der Waals surface area (Å²) in [6.45, 7) is 4.64. The number of hydrogen-bond acceptors (Lipinski definition) is 2. The molecule has 0 heterocycles. The van der Waals surface area contributed by atoms with Crippen molar-refractivity contribution in [2.75, 3.05) is 6.61 Å². The van der Waals surface area contributed by atoms with Crippen molar-refractivity contribution < 1.29 is 9.53 Å². The van der Waals surface area contributed by atoms with Crippen LogP contribution in [0.1, 0.15) is 35.7 Å². The Hall–Kier alpha value is -1.02. The van der Waals surface area contributed by atoms with Crippen molar-refractivity contribution in [1.29, 1.82) is 0 Å². The molecule has 0 aliphatic heterocycles. The van der Waals surface area contributed by atoms with Gasteiger partial charge in [0.05, 0.1) is 11.6 Å². The first-order chi connectivity index (χ1) is 7.19. The zero-order valence-corrected chi connectivity index (χ0v) is 9.80. The van der Waals surface area contributed by atoms with Gasteiger partial charge in [0, 0.05) is 5.56 Å². The molecule has 0 atom stereocenters. The lowest BCUT2D eigenvalue weighted by molar-refractivity contribution is 0.112. The Kier molecular flexibility index (Phi) is 4.63. The van der Waals surface area contributed by atoms with Gasteiger partial charge < -0.3 is 4.74 Å². The molecule has 0 aliphatic rings. The number of carbonyl (C=O) groups is 1. The van der Waals surface area contributed by atoms with Crippen molar-refractivity contribution in [3.05, 3.63) is 28.3 Å². The van der Waals surface area contributed by atoms with Gasteiger partial charge in [0.2, 0.25) is 0 Å². The van der Waals surface area contributed by atoms with Crippen LogP contribution >= 0.6 is 11.6 Å². The Bertz CT molecular complexity index is 348. The number of aryl methyl sites for hydroxylation is 1. The maximum Gasteiger partial charge on any atom is 0.151 e. The van der Waals surface area contributed by atoms with Gasteiger partial charge in [-0.2, -0.15) is 0 Å². The molecule has 0 saturated heterocycles. The average Bonchev–Trinajstić information content (AvgIpc) is 2.23. The third-order valence-electron chi connectivity index (χ3n) is 2.15. The van der Waals surface area contributed by atoms with E-state index in [2.05, 4.69) is 6.92 Å². The Balaban J connectivity index is 2.81. The molecule has 0 saturated carbocycles. The van der Waals surface area contributed by atoms with E-state index in [1.165, 1.54) is 0 Å². The molecule has 2 nitrogen and oxygen atoms in total. The van der Waals surface area contributed by atoms with E-state index in [-0.39, 0.29) is 0 Å². The molecular weight excluding hydrogens is 212 g/mol. The first-order valence-electron chi connectivity index (χ1n) is 5.07. The predicted molar refractivity (Wildman–Crippen MR) is 62.0 cm³/mol. The number of halogens is 1. The molecule has 82 valence electrons. The number of hydrogen-bond donors (Lipinski definition) is 0. The molecule has 0 aromatic heterocycles. The molecule has 0 unspecified atom stereocenters. The summed E-state index contributed by atoms with van der Waals surface area (Å²) in [4.78, 5) is 10.7. The van der Waals surface area contributed by atoms with E-state index in [1.807, 2.05) is 13.0 Å². The van der Waals surface area contributed by atoms with E-state index in [9.17, 15) is 4.79 Å². The van der Waals surface area contributed by atoms with E-state index in [0.717, 1.165) is 24.7 Å². The zero-order chi connectivity index (χ0) is 11.3. The van der Waals surface area contributed by atoms with Crippen LogP contribution in [0.5, 0.6) is 5.75 Å². The van der Waals surface area contributed by atoms with Crippen molar-refractivity contribution in [1.82, 2.24) is 0 Å². The van der Waals surface area contributed by atoms with Crippen LogP contribution in [0.3, 0.4) is 0 Å². The predicted octanol–water partition coefficient (Wildman–Crippen LogP) is 3.64. The molecule has 0 aliphatic carbocycles. The molecule has 3 heteroatoms. The minimum atomic E-state index is 0.489. The van der Waals surface area contributed by atoms with Gasteiger partial charge in [0.25, 0.3) is 0 Å². The summed E-state index contributed by atoms with van der Waals surface area (Å²) in [6, 6.07) is 3.53. The fourth-order valence-electron chi connectivity index (χ4n) is 1.27. The lowest BCUT2D eigenvalue weighted by atomic mass is 10.1. The Morgan fingerprint density at radius 2 is 2.20 bits per heavy atom. The van der Waals surface area contributed by atoms with Gasteiger partial charge in [-0.3, -0.25) is 4.79 Å². The van der Waals surface area contributed by atoms with Crippen molar-refractivity contribution in [3.63, 3.8) is 0 Å². The minimum absolute atomic E-state index is 0.489. The molecule has 1 aromatic carbocycles. The number of rotatable bonds is 5. The number of ether oxygens (including phenoxy) is 1. The van der Waals surface area contributed by atoms with Crippen molar-refractivity contribution in [2.24, 2.45) is 0 Å². The highest BCUT2D eigenvalue weighted by Gasteiger charge is 2.05. The van der Waals surface area contributed by atoms with Crippen molar-refractivity contribution >= 4 is 17.9 Å². The van der Waals surface area contributed by atoms with Crippen LogP contribution in [-0.2, 0) is 0 Å². The van der Waals surface area contributed by atoms with E-state index in [4.69, 9.17) is 16.3 Å². The highest BCUT2D eigenvalue weighted by molar-refractivity contribution is 6.33. The highest BCUT2D eigenvalue weighted by Crippen LogP contribution is 2.25. The lowest BCUT2D eigenvalue weighted by Crippen LogP contribution is -1.98. The molecule has 1 aromatic rings. The standard InChI is InChI=1S/C12H15ClO2/c1-3-4-5-15-11-6-9(2)12(13)10(7-11)8-14/h6-8H,3-5H2,1-2H3. The average molecular weight is 227 g/mol. The Labute approximate surface area is 95.2 Å². The monoisotopic (exact) mass is 226 g/mol. The van der Waals surface area contributed by atoms with Crippen LogP contribution in [0, 0.1) is 6.92 Å². The van der Waals surface area contributed by atoms with Gasteiger partial charge in [0.1, 0.15) is 5.75 Å². The molecule has 0 spiro atoms. The van der Waals surface area contributed by atoms with E-state index in [0.29, 0.717) is 22.9 Å². The summed E-state index contributed by atoms with van der Waals surface area (Å²) in [5.41, 5.74) is 1.36. The molecule has 0 N–H and O–H groups in total. The third-order valence-corrected chi connectivity index (χ3v) is 2.67. The summed E-state index contributed by atoms with van der Waals surface area (Å²) in [6.07, 6.45) is 2.85. The van der Waals surface area contributed by atoms with Gasteiger partial charge in [-0.15, -0.1) is 0 Å². The fourth-order valence-corrected chi connectivity index (χ4v) is 1.42. The third kappa shape index (κ3) is 3.24. The van der Waals surface area contributed by atoms with Crippen LogP contribution < -0.4 is 4.74 Å². The van der Waals surface area contributed by atoms with Gasteiger partial charge in [-0.05, 0) is 31.0 Å². The molecule has 0 fully saturated rings. The molecule has 0 radical (unpaired) electrons. The summed E-state index contributed by atoms with van der Waals surface area (Å²) in [7, 11) is 0. The molecular formula is C12H15ClO2. The number of carbonyl (C=O) groups excluding carboxylic acids is 1. The van der Waals surface area contributed by atoms with Gasteiger partial charge in [0.15, 0.2) is 6.29 Å². The first-order valence-corrected chi connectivity index (χ1v) is 5.45. The van der Waals surface area contributed by atoms with Crippen LogP contribution in [-0.4, -0.2) is 12.9 Å². The normalized spacial score (nSPS) is 10.1. The van der Waals surface area contributed by atoms with E-state index < -0.39 is 0 Å². The maximum absolute atomic E-state index is 10.7. The van der Waals surface area contributed by atoms with Crippen molar-refractivity contribution in [2.45, 2.75) is 26.7 Å². The zero-order valence-electron chi connectivity index (χ0n) is 9.05.